The molecule has 3 heterocycles. The number of aromatic nitrogens is 2. The fourth-order valence-electron chi connectivity index (χ4n) is 5.70. The van der Waals surface area contributed by atoms with E-state index in [0.29, 0.717) is 42.5 Å². The van der Waals surface area contributed by atoms with Gasteiger partial charge in [0, 0.05) is 41.1 Å². The highest BCUT2D eigenvalue weighted by Gasteiger charge is 2.33. The minimum Gasteiger partial charge on any atom is -0.496 e. The van der Waals surface area contributed by atoms with Gasteiger partial charge in [-0.25, -0.2) is 4.79 Å². The summed E-state index contributed by atoms with van der Waals surface area (Å²) in [5.41, 5.74) is 1.15. The topological polar surface area (TPSA) is 169 Å². The first-order chi connectivity index (χ1) is 22.3. The van der Waals surface area contributed by atoms with Crippen LogP contribution in [0.15, 0.2) is 60.9 Å². The molecule has 1 aliphatic heterocycles. The number of esters is 1. The van der Waals surface area contributed by atoms with Crippen molar-refractivity contribution in [2.24, 2.45) is 5.92 Å². The fraction of sp³-hybridized carbons (Fsp3) is 0.353. The van der Waals surface area contributed by atoms with Crippen molar-refractivity contribution in [2.45, 2.75) is 51.1 Å². The number of nitrogens with zero attached hydrogens (tertiary/aromatic N) is 1. The Labute approximate surface area is 265 Å². The summed E-state index contributed by atoms with van der Waals surface area (Å²) in [6.07, 6.45) is 5.18. The number of rotatable bonds is 13. The van der Waals surface area contributed by atoms with Crippen LogP contribution < -0.4 is 20.7 Å². The van der Waals surface area contributed by atoms with Crippen LogP contribution in [0.3, 0.4) is 0 Å². The van der Waals surface area contributed by atoms with Gasteiger partial charge in [0.2, 0.25) is 11.8 Å². The molecule has 2 aromatic heterocycles. The molecule has 0 spiro atoms. The molecule has 0 bridgehead atoms. The number of H-pyrrole nitrogens is 1. The first-order valence-corrected chi connectivity index (χ1v) is 15.4. The van der Waals surface area contributed by atoms with Crippen LogP contribution in [-0.4, -0.2) is 71.8 Å². The van der Waals surface area contributed by atoms with Gasteiger partial charge in [-0.2, -0.15) is 0 Å². The van der Waals surface area contributed by atoms with Crippen molar-refractivity contribution in [1.29, 1.82) is 0 Å². The summed E-state index contributed by atoms with van der Waals surface area (Å²) in [6.45, 7) is 1.79. The molecule has 12 nitrogen and oxygen atoms in total. The second kappa shape index (κ2) is 14.7. The maximum atomic E-state index is 13.6. The van der Waals surface area contributed by atoms with Crippen LogP contribution in [0.4, 0.5) is 0 Å². The number of carbonyl (C=O) groups is 5. The second-order valence-corrected chi connectivity index (χ2v) is 11.3. The van der Waals surface area contributed by atoms with Crippen LogP contribution in [0.5, 0.6) is 5.75 Å². The number of methoxy groups -OCH3 is 1. The summed E-state index contributed by atoms with van der Waals surface area (Å²) in [7, 11) is 1.54. The number of nitrogens with one attached hydrogen (secondary N) is 4. The zero-order valence-electron chi connectivity index (χ0n) is 25.8. The Morgan fingerprint density at radius 1 is 1.02 bits per heavy atom. The summed E-state index contributed by atoms with van der Waals surface area (Å²) >= 11 is 0. The number of carbonyl (C=O) groups excluding carboxylic acids is 5. The number of fused-ring (bicyclic) bond motifs is 2. The van der Waals surface area contributed by atoms with Crippen molar-refractivity contribution in [3.05, 3.63) is 72.2 Å². The average Bonchev–Trinajstić information content (AvgIpc) is 3.52. The first kappa shape index (κ1) is 32.1. The Hall–Kier alpha value is -5.26. The molecule has 0 saturated carbocycles. The van der Waals surface area contributed by atoms with Crippen LogP contribution in [0.25, 0.3) is 21.7 Å². The molecule has 1 fully saturated rings. The smallest absolute Gasteiger partial charge is 0.340 e. The van der Waals surface area contributed by atoms with Crippen LogP contribution in [0.1, 0.15) is 59.9 Å². The highest BCUT2D eigenvalue weighted by Crippen LogP contribution is 2.26. The molecular weight excluding hydrogens is 590 g/mol. The lowest BCUT2D eigenvalue weighted by Gasteiger charge is -2.27. The summed E-state index contributed by atoms with van der Waals surface area (Å²) in [5, 5.41) is 10.4. The van der Waals surface area contributed by atoms with Gasteiger partial charge in [-0.3, -0.25) is 24.2 Å². The number of pyridine rings is 1. The van der Waals surface area contributed by atoms with E-state index in [9.17, 15) is 24.0 Å². The standard InChI is InChI=1S/C34H37N5O7/c1-3-8-26(38-33(43)28-16-23-25(37-28)12-6-13-30(23)45-2)32(42)39-27(15-20-10-7-14-36-31(20)41)29(40)19-46-34(44)24-18-35-17-21-9-4-5-11-22(21)24/h4-6,9,11-13,16-18,20,26-27,37H,3,7-8,10,14-15,19H2,1-2H3,(H,36,41)(H,38,43)(H,39,42)/t20-,26-,27-/m0/s1. The quantitative estimate of drug-likeness (QED) is 0.164. The molecule has 2 aromatic carbocycles. The van der Waals surface area contributed by atoms with Gasteiger partial charge < -0.3 is 30.4 Å². The van der Waals surface area contributed by atoms with Crippen molar-refractivity contribution >= 4 is 51.1 Å². The molecule has 0 aliphatic carbocycles. The van der Waals surface area contributed by atoms with Gasteiger partial charge in [0.1, 0.15) is 17.5 Å². The predicted molar refractivity (Wildman–Crippen MR) is 170 cm³/mol. The minimum atomic E-state index is -1.13. The van der Waals surface area contributed by atoms with E-state index in [1.165, 1.54) is 6.20 Å². The van der Waals surface area contributed by atoms with Crippen molar-refractivity contribution in [3.8, 4) is 5.75 Å². The Morgan fingerprint density at radius 3 is 2.63 bits per heavy atom. The third kappa shape index (κ3) is 7.33. The maximum absolute atomic E-state index is 13.6. The lowest BCUT2D eigenvalue weighted by atomic mass is 9.90. The largest absolute Gasteiger partial charge is 0.496 e. The van der Waals surface area contributed by atoms with Gasteiger partial charge in [-0.05, 0) is 49.3 Å². The van der Waals surface area contributed by atoms with Gasteiger partial charge in [0.25, 0.3) is 5.91 Å². The number of ether oxygens (including phenoxy) is 2. The number of piperidine rings is 1. The van der Waals surface area contributed by atoms with Crippen LogP contribution in [0, 0.1) is 5.92 Å². The van der Waals surface area contributed by atoms with E-state index < -0.39 is 48.2 Å². The number of amides is 3. The fourth-order valence-corrected chi connectivity index (χ4v) is 5.70. The molecule has 1 aliphatic rings. The number of hydrogen-bond acceptors (Lipinski definition) is 8. The molecular formula is C34H37N5O7. The lowest BCUT2D eigenvalue weighted by molar-refractivity contribution is -0.132. The minimum absolute atomic E-state index is 0.0262. The highest BCUT2D eigenvalue weighted by atomic mass is 16.5. The number of benzene rings is 2. The molecule has 0 radical (unpaired) electrons. The summed E-state index contributed by atoms with van der Waals surface area (Å²) < 4.78 is 10.8. The molecule has 240 valence electrons. The molecule has 4 N–H and O–H groups in total. The summed E-state index contributed by atoms with van der Waals surface area (Å²) in [5.74, 6) is -2.50. The van der Waals surface area contributed by atoms with Crippen LogP contribution >= 0.6 is 0 Å². The van der Waals surface area contributed by atoms with Gasteiger partial charge in [-0.15, -0.1) is 0 Å². The number of ketones is 1. The molecule has 12 heteroatoms. The Balaban J connectivity index is 1.30. The predicted octanol–water partition coefficient (Wildman–Crippen LogP) is 3.45. The summed E-state index contributed by atoms with van der Waals surface area (Å²) in [4.78, 5) is 73.0. The normalized spacial score (nSPS) is 15.9. The molecule has 3 atom stereocenters. The lowest BCUT2D eigenvalue weighted by Crippen LogP contribution is -2.53. The monoisotopic (exact) mass is 627 g/mol. The Kier molecular flexibility index (Phi) is 10.3. The van der Waals surface area contributed by atoms with Crippen molar-refractivity contribution in [1.82, 2.24) is 25.9 Å². The van der Waals surface area contributed by atoms with E-state index >= 15 is 0 Å². The van der Waals surface area contributed by atoms with E-state index in [-0.39, 0.29) is 23.6 Å². The van der Waals surface area contributed by atoms with Crippen LogP contribution in [0.2, 0.25) is 0 Å². The number of Topliss-reactive ketones (excluding diaryl/α,β-unsaturated/α-hetero) is 1. The van der Waals surface area contributed by atoms with E-state index in [0.717, 1.165) is 17.2 Å². The zero-order chi connectivity index (χ0) is 32.6. The van der Waals surface area contributed by atoms with E-state index in [1.54, 1.807) is 43.6 Å². The second-order valence-electron chi connectivity index (χ2n) is 11.3. The third-order valence-corrected chi connectivity index (χ3v) is 8.15. The SMILES string of the molecule is CCC[C@H](NC(=O)c1cc2c(OC)cccc2[nH]1)C(=O)N[C@@H](C[C@@H]1CCCNC1=O)C(=O)COC(=O)c1cncc2ccccc12. The number of aromatic amines is 1. The molecule has 0 unspecified atom stereocenters. The zero-order valence-corrected chi connectivity index (χ0v) is 25.8. The van der Waals surface area contributed by atoms with Gasteiger partial charge in [-0.1, -0.05) is 43.7 Å². The van der Waals surface area contributed by atoms with E-state index in [4.69, 9.17) is 9.47 Å². The first-order valence-electron chi connectivity index (χ1n) is 15.4. The summed E-state index contributed by atoms with van der Waals surface area (Å²) in [6, 6.07) is 12.1. The van der Waals surface area contributed by atoms with E-state index in [2.05, 4.69) is 25.9 Å². The molecule has 1 saturated heterocycles. The highest BCUT2D eigenvalue weighted by molar-refractivity contribution is 6.05. The Morgan fingerprint density at radius 2 is 1.85 bits per heavy atom. The van der Waals surface area contributed by atoms with Gasteiger partial charge >= 0.3 is 5.97 Å². The Bertz CT molecular complexity index is 1760. The van der Waals surface area contributed by atoms with Crippen LogP contribution in [-0.2, 0) is 19.1 Å². The van der Waals surface area contributed by atoms with Gasteiger partial charge in [0.05, 0.1) is 18.7 Å². The molecule has 3 amide bonds. The molecule has 5 rings (SSSR count). The molecule has 4 aromatic rings. The van der Waals surface area contributed by atoms with Crippen molar-refractivity contribution in [3.63, 3.8) is 0 Å². The van der Waals surface area contributed by atoms with Gasteiger partial charge in [0.15, 0.2) is 12.4 Å². The van der Waals surface area contributed by atoms with E-state index in [1.807, 2.05) is 25.1 Å². The molecule has 46 heavy (non-hydrogen) atoms. The maximum Gasteiger partial charge on any atom is 0.340 e. The van der Waals surface area contributed by atoms with Crippen molar-refractivity contribution in [2.75, 3.05) is 20.3 Å². The number of hydrogen-bond donors (Lipinski definition) is 4. The average molecular weight is 628 g/mol. The third-order valence-electron chi connectivity index (χ3n) is 8.15. The van der Waals surface area contributed by atoms with Crippen molar-refractivity contribution < 1.29 is 33.4 Å².